The smallest absolute Gasteiger partial charge is 0.241 e. The van der Waals surface area contributed by atoms with Crippen LogP contribution in [0.2, 0.25) is 0 Å². The molecule has 0 unspecified atom stereocenters. The molecule has 0 saturated heterocycles. The van der Waals surface area contributed by atoms with Crippen LogP contribution in [0.15, 0.2) is 24.3 Å². The summed E-state index contributed by atoms with van der Waals surface area (Å²) in [5.74, 6) is 0.935. The quantitative estimate of drug-likeness (QED) is 0.720. The Labute approximate surface area is 129 Å². The highest BCUT2D eigenvalue weighted by atomic mass is 32.2. The van der Waals surface area contributed by atoms with Gasteiger partial charge in [0, 0.05) is 17.3 Å². The molecule has 0 bridgehead atoms. The van der Waals surface area contributed by atoms with Crippen LogP contribution in [-0.4, -0.2) is 29.9 Å². The first-order valence-corrected chi connectivity index (χ1v) is 8.46. The molecule has 0 aliphatic heterocycles. The zero-order valence-corrected chi connectivity index (χ0v) is 12.9. The van der Waals surface area contributed by atoms with Gasteiger partial charge in [-0.1, -0.05) is 0 Å². The van der Waals surface area contributed by atoms with Crippen molar-refractivity contribution in [2.24, 2.45) is 11.7 Å². The zero-order valence-electron chi connectivity index (χ0n) is 12.1. The van der Waals surface area contributed by atoms with Crippen molar-refractivity contribution in [3.8, 4) is 0 Å². The molecule has 6 heteroatoms. The van der Waals surface area contributed by atoms with Gasteiger partial charge in [0.1, 0.15) is 0 Å². The molecule has 5 nitrogen and oxygen atoms in total. The third kappa shape index (κ3) is 5.06. The predicted octanol–water partition coefficient (Wildman–Crippen LogP) is 2.05. The first-order valence-electron chi connectivity index (χ1n) is 7.06. The minimum absolute atomic E-state index is 0.0749. The Morgan fingerprint density at radius 3 is 2.33 bits per heavy atom. The van der Waals surface area contributed by atoms with Gasteiger partial charge in [0.15, 0.2) is 0 Å². The maximum Gasteiger partial charge on any atom is 0.241 e. The SMILES string of the molecule is CSCC[C@@H](N)C(=O)Nc1ccc(NC(=O)C2CC2)cc1. The van der Waals surface area contributed by atoms with Gasteiger partial charge < -0.3 is 16.4 Å². The minimum atomic E-state index is -0.494. The summed E-state index contributed by atoms with van der Waals surface area (Å²) < 4.78 is 0. The molecular weight excluding hydrogens is 286 g/mol. The first kappa shape index (κ1) is 15.9. The number of nitrogens with one attached hydrogen (secondary N) is 2. The third-order valence-electron chi connectivity index (χ3n) is 3.34. The van der Waals surface area contributed by atoms with Crippen LogP contribution in [0.4, 0.5) is 11.4 Å². The molecule has 21 heavy (non-hydrogen) atoms. The van der Waals surface area contributed by atoms with Crippen molar-refractivity contribution in [2.45, 2.75) is 25.3 Å². The molecular formula is C15H21N3O2S. The van der Waals surface area contributed by atoms with Gasteiger partial charge in [-0.2, -0.15) is 11.8 Å². The summed E-state index contributed by atoms with van der Waals surface area (Å²) in [6.45, 7) is 0. The predicted molar refractivity (Wildman–Crippen MR) is 87.4 cm³/mol. The molecule has 1 fully saturated rings. The Morgan fingerprint density at radius 2 is 1.81 bits per heavy atom. The van der Waals surface area contributed by atoms with Gasteiger partial charge in [-0.3, -0.25) is 9.59 Å². The fourth-order valence-corrected chi connectivity index (χ4v) is 2.33. The molecule has 0 heterocycles. The average Bonchev–Trinajstić information content (AvgIpc) is 3.31. The average molecular weight is 307 g/mol. The molecule has 2 amide bonds. The van der Waals surface area contributed by atoms with E-state index < -0.39 is 6.04 Å². The molecule has 1 aromatic rings. The van der Waals surface area contributed by atoms with Crippen molar-refractivity contribution in [3.63, 3.8) is 0 Å². The van der Waals surface area contributed by atoms with E-state index in [2.05, 4.69) is 10.6 Å². The van der Waals surface area contributed by atoms with E-state index in [4.69, 9.17) is 5.73 Å². The lowest BCUT2D eigenvalue weighted by molar-refractivity contribution is -0.118. The van der Waals surface area contributed by atoms with Crippen LogP contribution in [0.1, 0.15) is 19.3 Å². The van der Waals surface area contributed by atoms with E-state index in [1.54, 1.807) is 36.0 Å². The molecule has 114 valence electrons. The third-order valence-corrected chi connectivity index (χ3v) is 3.98. The second-order valence-corrected chi connectivity index (χ2v) is 6.20. The number of carbonyl (C=O) groups excluding carboxylic acids is 2. The number of hydrogen-bond donors (Lipinski definition) is 3. The summed E-state index contributed by atoms with van der Waals surface area (Å²) in [6, 6.07) is 6.60. The minimum Gasteiger partial charge on any atom is -0.326 e. The van der Waals surface area contributed by atoms with Gasteiger partial charge in [-0.25, -0.2) is 0 Å². The number of thioether (sulfide) groups is 1. The standard InChI is InChI=1S/C15H21N3O2S/c1-21-9-8-13(16)15(20)18-12-6-4-11(5-7-12)17-14(19)10-2-3-10/h4-7,10,13H,2-3,8-9,16H2,1H3,(H,17,19)(H,18,20)/t13-/m1/s1. The Balaban J connectivity index is 1.83. The lowest BCUT2D eigenvalue weighted by Crippen LogP contribution is -2.36. The van der Waals surface area contributed by atoms with Crippen molar-refractivity contribution in [1.82, 2.24) is 0 Å². The van der Waals surface area contributed by atoms with Crippen molar-refractivity contribution in [1.29, 1.82) is 0 Å². The molecule has 1 saturated carbocycles. The monoisotopic (exact) mass is 307 g/mol. The van der Waals surface area contributed by atoms with E-state index in [1.807, 2.05) is 6.26 Å². The molecule has 0 radical (unpaired) electrons. The second kappa shape index (κ2) is 7.47. The van der Waals surface area contributed by atoms with Gasteiger partial charge in [-0.15, -0.1) is 0 Å². The number of rotatable bonds is 7. The highest BCUT2D eigenvalue weighted by Crippen LogP contribution is 2.30. The summed E-state index contributed by atoms with van der Waals surface area (Å²) in [4.78, 5) is 23.5. The summed E-state index contributed by atoms with van der Waals surface area (Å²) in [5, 5.41) is 5.64. The Morgan fingerprint density at radius 1 is 1.24 bits per heavy atom. The Bertz CT molecular complexity index is 500. The summed E-state index contributed by atoms with van der Waals surface area (Å²) in [6.07, 6.45) is 4.60. The number of benzene rings is 1. The fraction of sp³-hybridized carbons (Fsp3) is 0.467. The van der Waals surface area contributed by atoms with Crippen LogP contribution < -0.4 is 16.4 Å². The van der Waals surface area contributed by atoms with Crippen LogP contribution in [0, 0.1) is 5.92 Å². The number of amides is 2. The lowest BCUT2D eigenvalue weighted by atomic mass is 10.2. The van der Waals surface area contributed by atoms with E-state index in [0.717, 1.165) is 24.3 Å². The lowest BCUT2D eigenvalue weighted by Gasteiger charge is -2.12. The number of hydrogen-bond acceptors (Lipinski definition) is 4. The van der Waals surface area contributed by atoms with Crippen molar-refractivity contribution < 1.29 is 9.59 Å². The largest absolute Gasteiger partial charge is 0.326 e. The maximum absolute atomic E-state index is 11.9. The van der Waals surface area contributed by atoms with Crippen LogP contribution in [0.3, 0.4) is 0 Å². The molecule has 1 aromatic carbocycles. The molecule has 0 aromatic heterocycles. The van der Waals surface area contributed by atoms with E-state index >= 15 is 0 Å². The van der Waals surface area contributed by atoms with Gasteiger partial charge in [0.05, 0.1) is 6.04 Å². The summed E-state index contributed by atoms with van der Waals surface area (Å²) in [5.41, 5.74) is 7.24. The van der Waals surface area contributed by atoms with Crippen molar-refractivity contribution in [2.75, 3.05) is 22.6 Å². The summed E-state index contributed by atoms with van der Waals surface area (Å²) >= 11 is 1.67. The summed E-state index contributed by atoms with van der Waals surface area (Å²) in [7, 11) is 0. The van der Waals surface area contributed by atoms with E-state index in [1.165, 1.54) is 0 Å². The van der Waals surface area contributed by atoms with E-state index in [9.17, 15) is 9.59 Å². The Hall–Kier alpha value is -1.53. The topological polar surface area (TPSA) is 84.2 Å². The maximum atomic E-state index is 11.9. The number of carbonyl (C=O) groups is 2. The molecule has 1 atom stereocenters. The Kier molecular flexibility index (Phi) is 5.64. The molecule has 2 rings (SSSR count). The van der Waals surface area contributed by atoms with Crippen molar-refractivity contribution in [3.05, 3.63) is 24.3 Å². The van der Waals surface area contributed by atoms with Crippen LogP contribution in [-0.2, 0) is 9.59 Å². The van der Waals surface area contributed by atoms with E-state index in [0.29, 0.717) is 12.1 Å². The number of nitrogens with two attached hydrogens (primary N) is 1. The van der Waals surface area contributed by atoms with Crippen LogP contribution in [0.25, 0.3) is 0 Å². The second-order valence-electron chi connectivity index (χ2n) is 5.22. The van der Waals surface area contributed by atoms with Gasteiger partial charge in [0.2, 0.25) is 11.8 Å². The number of anilines is 2. The molecule has 0 spiro atoms. The normalized spacial score (nSPS) is 15.3. The van der Waals surface area contributed by atoms with Gasteiger partial charge >= 0.3 is 0 Å². The molecule has 1 aliphatic carbocycles. The van der Waals surface area contributed by atoms with Crippen LogP contribution >= 0.6 is 11.8 Å². The first-order chi connectivity index (χ1) is 10.1. The zero-order chi connectivity index (χ0) is 15.2. The van der Waals surface area contributed by atoms with Gasteiger partial charge in [-0.05, 0) is 55.5 Å². The van der Waals surface area contributed by atoms with E-state index in [-0.39, 0.29) is 17.7 Å². The van der Waals surface area contributed by atoms with Crippen LogP contribution in [0.5, 0.6) is 0 Å². The molecule has 1 aliphatic rings. The van der Waals surface area contributed by atoms with Gasteiger partial charge in [0.25, 0.3) is 0 Å². The highest BCUT2D eigenvalue weighted by Gasteiger charge is 2.29. The molecule has 4 N–H and O–H groups in total. The fourth-order valence-electron chi connectivity index (χ4n) is 1.84. The highest BCUT2D eigenvalue weighted by molar-refractivity contribution is 7.98. The van der Waals surface area contributed by atoms with Crippen molar-refractivity contribution >= 4 is 35.0 Å².